The number of nitrogens with zero attached hydrogens (tertiary/aromatic N) is 1. The van der Waals surface area contributed by atoms with Crippen molar-refractivity contribution in [1.29, 1.82) is 0 Å². The fourth-order valence-corrected chi connectivity index (χ4v) is 1.01. The fourth-order valence-electron chi connectivity index (χ4n) is 1.01. The number of carbonyl (C=O) groups is 1. The summed E-state index contributed by atoms with van der Waals surface area (Å²) < 4.78 is 12.5. The number of ketones is 1. The zero-order valence-corrected chi connectivity index (χ0v) is 11.7. The van der Waals surface area contributed by atoms with Gasteiger partial charge in [0.15, 0.2) is 5.78 Å². The van der Waals surface area contributed by atoms with Crippen LogP contribution in [0.4, 0.5) is 4.39 Å². The first-order chi connectivity index (χ1) is 8.09. The Labute approximate surface area is 104 Å². The van der Waals surface area contributed by atoms with Crippen molar-refractivity contribution in [1.82, 2.24) is 4.90 Å². The molecule has 0 aromatic heterocycles. The quantitative estimate of drug-likeness (QED) is 0.753. The Balaban J connectivity index is 0. The van der Waals surface area contributed by atoms with Gasteiger partial charge in [-0.15, -0.1) is 0 Å². The third kappa shape index (κ3) is 8.57. The molecule has 1 aromatic carbocycles. The van der Waals surface area contributed by atoms with E-state index < -0.39 is 0 Å². The summed E-state index contributed by atoms with van der Waals surface area (Å²) in [5.41, 5.74) is 0.551. The van der Waals surface area contributed by atoms with E-state index in [-0.39, 0.29) is 11.6 Å². The first-order valence-electron chi connectivity index (χ1n) is 6.03. The summed E-state index contributed by atoms with van der Waals surface area (Å²) in [4.78, 5) is 13.2. The molecule has 0 aliphatic heterocycles. The molecule has 0 bridgehead atoms. The first kappa shape index (κ1) is 18.2. The van der Waals surface area contributed by atoms with Crippen molar-refractivity contribution in [3.8, 4) is 0 Å². The number of Topliss-reactive ketones (excluding diaryl/α,β-unsaturated/α-hetero) is 1. The summed E-state index contributed by atoms with van der Waals surface area (Å²) in [6.45, 7) is 8.35. The SMILES string of the molecule is CC.CC.CN(C)CC(=O)c1ccc(F)cc1. The molecule has 17 heavy (non-hydrogen) atoms. The molecule has 0 saturated carbocycles. The van der Waals surface area contributed by atoms with Gasteiger partial charge in [-0.2, -0.15) is 0 Å². The van der Waals surface area contributed by atoms with E-state index in [4.69, 9.17) is 0 Å². The molecule has 0 N–H and O–H groups in total. The van der Waals surface area contributed by atoms with E-state index in [2.05, 4.69) is 0 Å². The summed E-state index contributed by atoms with van der Waals surface area (Å²) in [6.07, 6.45) is 0. The lowest BCUT2D eigenvalue weighted by molar-refractivity contribution is 0.0958. The van der Waals surface area contributed by atoms with Crippen LogP contribution in [0, 0.1) is 5.82 Å². The van der Waals surface area contributed by atoms with Crippen LogP contribution in [0.25, 0.3) is 0 Å². The molecule has 98 valence electrons. The van der Waals surface area contributed by atoms with Gasteiger partial charge in [0.1, 0.15) is 5.82 Å². The van der Waals surface area contributed by atoms with Crippen LogP contribution in [0.15, 0.2) is 24.3 Å². The van der Waals surface area contributed by atoms with Gasteiger partial charge in [-0.05, 0) is 38.4 Å². The standard InChI is InChI=1S/C10H12FNO.2C2H6/c1-12(2)7-10(13)8-3-5-9(11)6-4-8;2*1-2/h3-6H,7H2,1-2H3;2*1-2H3. The Morgan fingerprint density at radius 2 is 1.47 bits per heavy atom. The third-order valence-corrected chi connectivity index (χ3v) is 1.63. The summed E-state index contributed by atoms with van der Waals surface area (Å²) in [5.74, 6) is -0.314. The van der Waals surface area contributed by atoms with Crippen LogP contribution in [0.2, 0.25) is 0 Å². The van der Waals surface area contributed by atoms with E-state index in [9.17, 15) is 9.18 Å². The second-order valence-electron chi connectivity index (χ2n) is 3.17. The molecule has 0 amide bonds. The van der Waals surface area contributed by atoms with Gasteiger partial charge < -0.3 is 4.90 Å². The molecule has 0 aliphatic rings. The Hall–Kier alpha value is -1.22. The number of halogens is 1. The average molecular weight is 241 g/mol. The topological polar surface area (TPSA) is 20.3 Å². The van der Waals surface area contributed by atoms with Gasteiger partial charge >= 0.3 is 0 Å². The van der Waals surface area contributed by atoms with Crippen LogP contribution in [0.3, 0.4) is 0 Å². The molecule has 0 heterocycles. The highest BCUT2D eigenvalue weighted by Crippen LogP contribution is 2.03. The zero-order valence-electron chi connectivity index (χ0n) is 11.7. The maximum atomic E-state index is 12.5. The van der Waals surface area contributed by atoms with Crippen LogP contribution in [-0.4, -0.2) is 31.3 Å². The van der Waals surface area contributed by atoms with Crippen LogP contribution in [0.5, 0.6) is 0 Å². The Kier molecular flexibility index (Phi) is 12.0. The number of carbonyl (C=O) groups excluding carboxylic acids is 1. The van der Waals surface area contributed by atoms with Gasteiger partial charge in [0.2, 0.25) is 0 Å². The molecular weight excluding hydrogens is 217 g/mol. The maximum Gasteiger partial charge on any atom is 0.176 e. The lowest BCUT2D eigenvalue weighted by Crippen LogP contribution is -2.21. The van der Waals surface area contributed by atoms with Gasteiger partial charge in [0.05, 0.1) is 6.54 Å². The largest absolute Gasteiger partial charge is 0.302 e. The van der Waals surface area contributed by atoms with E-state index >= 15 is 0 Å². The highest BCUT2D eigenvalue weighted by Gasteiger charge is 2.05. The number of rotatable bonds is 3. The predicted octanol–water partition coefficient (Wildman–Crippen LogP) is 3.62. The molecule has 0 fully saturated rings. The molecule has 0 saturated heterocycles. The molecule has 3 heteroatoms. The molecular formula is C14H24FNO. The molecule has 0 atom stereocenters. The molecule has 1 aromatic rings. The van der Waals surface area contributed by atoms with Crippen molar-refractivity contribution in [2.45, 2.75) is 27.7 Å². The van der Waals surface area contributed by atoms with E-state index in [1.165, 1.54) is 24.3 Å². The van der Waals surface area contributed by atoms with Gasteiger partial charge in [-0.25, -0.2) is 4.39 Å². The van der Waals surface area contributed by atoms with Crippen molar-refractivity contribution >= 4 is 5.78 Å². The Morgan fingerprint density at radius 1 is 1.06 bits per heavy atom. The van der Waals surface area contributed by atoms with Gasteiger partial charge in [0.25, 0.3) is 0 Å². The molecule has 0 spiro atoms. The monoisotopic (exact) mass is 241 g/mol. The number of hydrogen-bond donors (Lipinski definition) is 0. The maximum absolute atomic E-state index is 12.5. The van der Waals surface area contributed by atoms with Gasteiger partial charge in [-0.3, -0.25) is 4.79 Å². The minimum Gasteiger partial charge on any atom is -0.302 e. The van der Waals surface area contributed by atoms with E-state index in [0.29, 0.717) is 12.1 Å². The van der Waals surface area contributed by atoms with Crippen molar-refractivity contribution in [3.63, 3.8) is 0 Å². The lowest BCUT2D eigenvalue weighted by atomic mass is 10.1. The number of hydrogen-bond acceptors (Lipinski definition) is 2. The van der Waals surface area contributed by atoms with Crippen LogP contribution in [0.1, 0.15) is 38.1 Å². The van der Waals surface area contributed by atoms with Gasteiger partial charge in [0, 0.05) is 5.56 Å². The molecule has 0 unspecified atom stereocenters. The van der Waals surface area contributed by atoms with Crippen LogP contribution in [-0.2, 0) is 0 Å². The zero-order chi connectivity index (χ0) is 13.8. The molecule has 0 radical (unpaired) electrons. The molecule has 0 aliphatic carbocycles. The number of likely N-dealkylation sites (N-methyl/N-ethyl adjacent to an activating group) is 1. The van der Waals surface area contributed by atoms with Crippen molar-refractivity contribution in [2.75, 3.05) is 20.6 Å². The highest BCUT2D eigenvalue weighted by atomic mass is 19.1. The normalized spacial score (nSPS) is 8.71. The summed E-state index contributed by atoms with van der Waals surface area (Å²) in [7, 11) is 3.64. The smallest absolute Gasteiger partial charge is 0.176 e. The van der Waals surface area contributed by atoms with E-state index in [0.717, 1.165) is 0 Å². The minimum atomic E-state index is -0.318. The van der Waals surface area contributed by atoms with Crippen molar-refractivity contribution in [2.24, 2.45) is 0 Å². The number of benzene rings is 1. The summed E-state index contributed by atoms with van der Waals surface area (Å²) in [5, 5.41) is 0. The first-order valence-corrected chi connectivity index (χ1v) is 6.03. The Morgan fingerprint density at radius 3 is 1.82 bits per heavy atom. The van der Waals surface area contributed by atoms with Crippen LogP contribution < -0.4 is 0 Å². The third-order valence-electron chi connectivity index (χ3n) is 1.63. The van der Waals surface area contributed by atoms with Crippen LogP contribution >= 0.6 is 0 Å². The fraction of sp³-hybridized carbons (Fsp3) is 0.500. The minimum absolute atomic E-state index is 0.00463. The second kappa shape index (κ2) is 11.3. The highest BCUT2D eigenvalue weighted by molar-refractivity contribution is 5.97. The Bertz CT molecular complexity index is 294. The lowest BCUT2D eigenvalue weighted by Gasteiger charge is -2.07. The van der Waals surface area contributed by atoms with Crippen molar-refractivity contribution in [3.05, 3.63) is 35.6 Å². The second-order valence-corrected chi connectivity index (χ2v) is 3.17. The van der Waals surface area contributed by atoms with Gasteiger partial charge in [-0.1, -0.05) is 27.7 Å². The van der Waals surface area contributed by atoms with E-state index in [1.54, 1.807) is 4.90 Å². The summed E-state index contributed by atoms with van der Waals surface area (Å²) >= 11 is 0. The van der Waals surface area contributed by atoms with Crippen molar-refractivity contribution < 1.29 is 9.18 Å². The van der Waals surface area contributed by atoms with E-state index in [1.807, 2.05) is 41.8 Å². The summed E-state index contributed by atoms with van der Waals surface area (Å²) in [6, 6.07) is 5.59. The predicted molar refractivity (Wildman–Crippen MR) is 72.0 cm³/mol. The molecule has 1 rings (SSSR count). The molecule has 2 nitrogen and oxygen atoms in total. The average Bonchev–Trinajstić information content (AvgIpc) is 2.34.